The van der Waals surface area contributed by atoms with Crippen LogP contribution in [0.5, 0.6) is 5.75 Å². The van der Waals surface area contributed by atoms with Crippen LogP contribution < -0.4 is 10.1 Å². The Morgan fingerprint density at radius 2 is 1.79 bits per heavy atom. The van der Waals surface area contributed by atoms with Crippen molar-refractivity contribution in [1.82, 2.24) is 5.32 Å². The van der Waals surface area contributed by atoms with Gasteiger partial charge in [-0.1, -0.05) is 41.9 Å². The van der Waals surface area contributed by atoms with E-state index in [-0.39, 0.29) is 5.54 Å². The van der Waals surface area contributed by atoms with Crippen LogP contribution in [-0.4, -0.2) is 16.2 Å². The van der Waals surface area contributed by atoms with E-state index >= 15 is 0 Å². The maximum absolute atomic E-state index is 11.0. The monoisotopic (exact) mass is 397 g/mol. The van der Waals surface area contributed by atoms with Crippen LogP contribution in [0.3, 0.4) is 0 Å². The van der Waals surface area contributed by atoms with E-state index in [0.717, 1.165) is 47.7 Å². The summed E-state index contributed by atoms with van der Waals surface area (Å²) in [7, 11) is 0. The van der Waals surface area contributed by atoms with Gasteiger partial charge < -0.3 is 15.2 Å². The van der Waals surface area contributed by atoms with Gasteiger partial charge in [0.05, 0.1) is 5.60 Å². The normalized spacial score (nSPS) is 33.2. The molecule has 4 aliphatic rings. The molecule has 4 fully saturated rings. The lowest BCUT2D eigenvalue weighted by molar-refractivity contribution is -0.142. The molecule has 0 aromatic heterocycles. The van der Waals surface area contributed by atoms with Gasteiger partial charge >= 0.3 is 0 Å². The Hall–Kier alpha value is -1.55. The second-order valence-electron chi connectivity index (χ2n) is 9.35. The van der Waals surface area contributed by atoms with Crippen LogP contribution in [0.2, 0.25) is 5.02 Å². The van der Waals surface area contributed by atoms with Crippen LogP contribution in [0.1, 0.15) is 49.7 Å². The average molecular weight is 398 g/mol. The summed E-state index contributed by atoms with van der Waals surface area (Å²) in [6.07, 6.45) is 6.55. The van der Waals surface area contributed by atoms with Gasteiger partial charge in [0.1, 0.15) is 12.4 Å². The molecular weight excluding hydrogens is 370 g/mol. The average Bonchev–Trinajstić information content (AvgIpc) is 2.64. The first-order chi connectivity index (χ1) is 13.5. The van der Waals surface area contributed by atoms with Gasteiger partial charge in [-0.3, -0.25) is 0 Å². The lowest BCUT2D eigenvalue weighted by Crippen LogP contribution is -2.64. The molecule has 28 heavy (non-hydrogen) atoms. The molecule has 0 amide bonds. The molecule has 2 aromatic carbocycles. The van der Waals surface area contributed by atoms with E-state index in [2.05, 4.69) is 17.4 Å². The molecular formula is C24H28ClNO2. The number of halogens is 1. The first kappa shape index (κ1) is 18.5. The van der Waals surface area contributed by atoms with Crippen molar-refractivity contribution in [3.05, 3.63) is 64.7 Å². The van der Waals surface area contributed by atoms with E-state index in [9.17, 15) is 5.11 Å². The molecule has 4 saturated carbocycles. The van der Waals surface area contributed by atoms with Crippen molar-refractivity contribution in [2.24, 2.45) is 11.8 Å². The molecule has 2 aromatic rings. The predicted octanol–water partition coefficient (Wildman–Crippen LogP) is 5.09. The highest BCUT2D eigenvalue weighted by atomic mass is 35.5. The quantitative estimate of drug-likeness (QED) is 0.713. The highest BCUT2D eigenvalue weighted by Gasteiger charge is 2.56. The third-order valence-corrected chi connectivity index (χ3v) is 7.18. The first-order valence-corrected chi connectivity index (χ1v) is 10.8. The maximum atomic E-state index is 11.0. The van der Waals surface area contributed by atoms with E-state index in [1.54, 1.807) is 0 Å². The van der Waals surface area contributed by atoms with E-state index in [0.29, 0.717) is 18.4 Å². The molecule has 4 bridgehead atoms. The van der Waals surface area contributed by atoms with Crippen LogP contribution in [-0.2, 0) is 13.2 Å². The summed E-state index contributed by atoms with van der Waals surface area (Å²) in [4.78, 5) is 0. The van der Waals surface area contributed by atoms with Crippen molar-refractivity contribution < 1.29 is 9.84 Å². The third-order valence-electron chi connectivity index (χ3n) is 6.94. The summed E-state index contributed by atoms with van der Waals surface area (Å²) in [6.45, 7) is 1.27. The molecule has 4 aliphatic carbocycles. The zero-order valence-corrected chi connectivity index (χ0v) is 16.9. The van der Waals surface area contributed by atoms with Crippen molar-refractivity contribution in [2.75, 3.05) is 0 Å². The highest BCUT2D eigenvalue weighted by Crippen LogP contribution is 2.57. The summed E-state index contributed by atoms with van der Waals surface area (Å²) >= 11 is 6.29. The summed E-state index contributed by atoms with van der Waals surface area (Å²) < 4.78 is 6.12. The van der Waals surface area contributed by atoms with Gasteiger partial charge in [-0.25, -0.2) is 0 Å². The van der Waals surface area contributed by atoms with E-state index in [4.69, 9.17) is 16.3 Å². The van der Waals surface area contributed by atoms with Gasteiger partial charge in [0.2, 0.25) is 0 Å². The van der Waals surface area contributed by atoms with Gasteiger partial charge in [0.25, 0.3) is 0 Å². The van der Waals surface area contributed by atoms with Crippen LogP contribution >= 0.6 is 11.6 Å². The van der Waals surface area contributed by atoms with Crippen molar-refractivity contribution in [3.63, 3.8) is 0 Å². The topological polar surface area (TPSA) is 41.5 Å². The molecule has 4 heteroatoms. The fourth-order valence-corrected chi connectivity index (χ4v) is 6.46. The Kier molecular flexibility index (Phi) is 4.65. The summed E-state index contributed by atoms with van der Waals surface area (Å²) in [5, 5.41) is 15.6. The van der Waals surface area contributed by atoms with Gasteiger partial charge in [0, 0.05) is 22.7 Å². The largest absolute Gasteiger partial charge is 0.489 e. The zero-order chi connectivity index (χ0) is 19.2. The van der Waals surface area contributed by atoms with Crippen LogP contribution in [0.4, 0.5) is 0 Å². The van der Waals surface area contributed by atoms with Gasteiger partial charge in [-0.2, -0.15) is 0 Å². The van der Waals surface area contributed by atoms with E-state index in [1.807, 2.05) is 36.4 Å². The standard InChI is InChI=1S/C24H28ClNO2/c25-21-6-7-22(28-15-17-4-2-1-3-5-17)20(9-21)14-26-23-10-18-8-19(11-23)13-24(27,12-18)16-23/h1-7,9,18-19,26-27H,8,10-16H2. The molecule has 0 heterocycles. The van der Waals surface area contributed by atoms with Crippen LogP contribution in [0.15, 0.2) is 48.5 Å². The number of rotatable bonds is 6. The van der Waals surface area contributed by atoms with E-state index < -0.39 is 5.60 Å². The second-order valence-corrected chi connectivity index (χ2v) is 9.78. The molecule has 6 rings (SSSR count). The smallest absolute Gasteiger partial charge is 0.124 e. The first-order valence-electron chi connectivity index (χ1n) is 10.4. The highest BCUT2D eigenvalue weighted by molar-refractivity contribution is 6.30. The minimum absolute atomic E-state index is 0.0673. The number of nitrogens with one attached hydrogen (secondary N) is 1. The van der Waals surface area contributed by atoms with Crippen molar-refractivity contribution in [3.8, 4) is 5.75 Å². The van der Waals surface area contributed by atoms with Crippen molar-refractivity contribution in [1.29, 1.82) is 0 Å². The second kappa shape index (κ2) is 7.05. The van der Waals surface area contributed by atoms with Crippen LogP contribution in [0, 0.1) is 11.8 Å². The summed E-state index contributed by atoms with van der Waals surface area (Å²) in [5.74, 6) is 2.23. The lowest BCUT2D eigenvalue weighted by Gasteiger charge is -2.60. The van der Waals surface area contributed by atoms with Gasteiger partial charge in [-0.15, -0.1) is 0 Å². The number of benzene rings is 2. The Balaban J connectivity index is 1.31. The lowest BCUT2D eigenvalue weighted by atomic mass is 9.51. The molecule has 3 nitrogen and oxygen atoms in total. The van der Waals surface area contributed by atoms with E-state index in [1.165, 1.54) is 19.3 Å². The maximum Gasteiger partial charge on any atom is 0.124 e. The molecule has 2 atom stereocenters. The molecule has 148 valence electrons. The molecule has 0 radical (unpaired) electrons. The zero-order valence-electron chi connectivity index (χ0n) is 16.2. The van der Waals surface area contributed by atoms with Crippen LogP contribution in [0.25, 0.3) is 0 Å². The van der Waals surface area contributed by atoms with Crippen molar-refractivity contribution in [2.45, 2.75) is 62.8 Å². The Morgan fingerprint density at radius 3 is 2.50 bits per heavy atom. The fourth-order valence-electron chi connectivity index (χ4n) is 6.27. The molecule has 2 N–H and O–H groups in total. The van der Waals surface area contributed by atoms with Gasteiger partial charge in [-0.05, 0) is 74.1 Å². The summed E-state index contributed by atoms with van der Waals surface area (Å²) in [5.41, 5.74) is 1.86. The molecule has 0 aliphatic heterocycles. The van der Waals surface area contributed by atoms with Crippen molar-refractivity contribution >= 4 is 11.6 Å². The number of aliphatic hydroxyl groups is 1. The number of hydrogen-bond donors (Lipinski definition) is 2. The SMILES string of the molecule is OC12CC3CC(C1)CC(NCc1cc(Cl)ccc1OCc1ccccc1)(C3)C2. The fraction of sp³-hybridized carbons (Fsp3) is 0.500. The Bertz CT molecular complexity index is 839. The molecule has 0 saturated heterocycles. The number of ether oxygens (including phenoxy) is 1. The Labute approximate surface area is 172 Å². The third kappa shape index (κ3) is 3.68. The van der Waals surface area contributed by atoms with Gasteiger partial charge in [0.15, 0.2) is 0 Å². The Morgan fingerprint density at radius 1 is 1.04 bits per heavy atom. The molecule has 2 unspecified atom stereocenters. The minimum Gasteiger partial charge on any atom is -0.489 e. The molecule has 0 spiro atoms. The summed E-state index contributed by atoms with van der Waals surface area (Å²) in [6, 6.07) is 16.1. The number of hydrogen-bond acceptors (Lipinski definition) is 3. The minimum atomic E-state index is -0.446. The predicted molar refractivity (Wildman–Crippen MR) is 111 cm³/mol.